The van der Waals surface area contributed by atoms with Gasteiger partial charge in [0.15, 0.2) is 0 Å². The fourth-order valence-corrected chi connectivity index (χ4v) is 6.97. The molecule has 0 aliphatic heterocycles. The Morgan fingerprint density at radius 3 is 2.27 bits per heavy atom. The van der Waals surface area contributed by atoms with Crippen molar-refractivity contribution in [2.24, 2.45) is 41.4 Å². The highest BCUT2D eigenvalue weighted by Gasteiger charge is 2.60. The Bertz CT molecular complexity index is 353. The molecular weight excluding hydrogens is 268 g/mol. The summed E-state index contributed by atoms with van der Waals surface area (Å²) >= 11 is 0. The zero-order chi connectivity index (χ0) is 14.9. The molecule has 5 aliphatic rings. The van der Waals surface area contributed by atoms with Crippen LogP contribution in [0.2, 0.25) is 0 Å². The summed E-state index contributed by atoms with van der Waals surface area (Å²) < 4.78 is 0. The van der Waals surface area contributed by atoms with E-state index in [0.717, 1.165) is 18.3 Å². The van der Waals surface area contributed by atoms with E-state index in [1.165, 1.54) is 68.1 Å². The van der Waals surface area contributed by atoms with Crippen LogP contribution in [0, 0.1) is 41.4 Å². The van der Waals surface area contributed by atoms with Gasteiger partial charge in [-0.3, -0.25) is 0 Å². The summed E-state index contributed by atoms with van der Waals surface area (Å²) in [6.07, 6.45) is 19.0. The zero-order valence-electron chi connectivity index (χ0n) is 14.4. The van der Waals surface area contributed by atoms with Gasteiger partial charge in [0.2, 0.25) is 0 Å². The molecule has 1 N–H and O–H groups in total. The Morgan fingerprint density at radius 2 is 1.45 bits per heavy atom. The third kappa shape index (κ3) is 2.87. The molecule has 5 rings (SSSR count). The van der Waals surface area contributed by atoms with E-state index in [-0.39, 0.29) is 0 Å². The first-order valence-electron chi connectivity index (χ1n) is 10.5. The van der Waals surface area contributed by atoms with E-state index in [1.54, 1.807) is 38.5 Å². The van der Waals surface area contributed by atoms with Gasteiger partial charge in [0.05, 0.1) is 0 Å². The Balaban J connectivity index is 1.13. The lowest BCUT2D eigenvalue weighted by molar-refractivity contribution is -0.177. The van der Waals surface area contributed by atoms with Gasteiger partial charge >= 0.3 is 0 Å². The Kier molecular flexibility index (Phi) is 4.81. The van der Waals surface area contributed by atoms with Crippen molar-refractivity contribution in [1.82, 2.24) is 0 Å². The van der Waals surface area contributed by atoms with Crippen LogP contribution in [0.5, 0.6) is 0 Å². The van der Waals surface area contributed by atoms with Gasteiger partial charge < -0.3 is 5.11 Å². The predicted octanol–water partition coefficient (Wildman–Crippen LogP) is 5.42. The number of rotatable bonds is 8. The second-order valence-corrected chi connectivity index (χ2v) is 9.21. The minimum Gasteiger partial charge on any atom is -0.396 e. The minimum absolute atomic E-state index is 0.383. The number of hydrogen-bond acceptors (Lipinski definition) is 1. The van der Waals surface area contributed by atoms with Gasteiger partial charge in [-0.25, -0.2) is 0 Å². The lowest BCUT2D eigenvalue weighted by Gasteiger charge is -2.67. The fraction of sp³-hybridized carbons (Fsp3) is 1.00. The molecule has 5 saturated carbocycles. The third-order valence-electron chi connectivity index (χ3n) is 8.04. The maximum atomic E-state index is 8.79. The molecule has 0 aromatic rings. The molecule has 5 atom stereocenters. The molecule has 0 heterocycles. The molecule has 0 spiro atoms. The largest absolute Gasteiger partial charge is 0.396 e. The lowest BCUT2D eigenvalue weighted by Crippen LogP contribution is -2.59. The molecule has 0 amide bonds. The van der Waals surface area contributed by atoms with Crippen LogP contribution in [-0.2, 0) is 0 Å². The number of unbranched alkanes of at least 4 members (excludes halogenated alkanes) is 5. The Morgan fingerprint density at radius 1 is 0.682 bits per heavy atom. The zero-order valence-corrected chi connectivity index (χ0v) is 14.4. The molecule has 126 valence electrons. The number of aliphatic hydroxyl groups is 1. The number of fused-ring (bicyclic) bond motifs is 1. The maximum Gasteiger partial charge on any atom is 0.0431 e. The van der Waals surface area contributed by atoms with Gasteiger partial charge in [0, 0.05) is 6.61 Å². The van der Waals surface area contributed by atoms with Crippen molar-refractivity contribution >= 4 is 0 Å². The Hall–Kier alpha value is -0.0400. The molecule has 0 aromatic carbocycles. The molecule has 5 fully saturated rings. The van der Waals surface area contributed by atoms with Crippen LogP contribution in [0.4, 0.5) is 0 Å². The van der Waals surface area contributed by atoms with Crippen molar-refractivity contribution in [3.63, 3.8) is 0 Å². The van der Waals surface area contributed by atoms with Crippen molar-refractivity contribution in [3.8, 4) is 0 Å². The summed E-state index contributed by atoms with van der Waals surface area (Å²) in [6, 6.07) is 0. The highest BCUT2D eigenvalue weighted by Crippen LogP contribution is 2.68. The van der Waals surface area contributed by atoms with Gasteiger partial charge in [-0.2, -0.15) is 0 Å². The Labute approximate surface area is 137 Å². The number of hydrogen-bond donors (Lipinski definition) is 1. The van der Waals surface area contributed by atoms with Crippen LogP contribution in [-0.4, -0.2) is 11.7 Å². The summed E-state index contributed by atoms with van der Waals surface area (Å²) in [5.74, 6) is 8.14. The summed E-state index contributed by atoms with van der Waals surface area (Å²) in [6.45, 7) is 0.383. The summed E-state index contributed by atoms with van der Waals surface area (Å²) in [5, 5.41) is 8.79. The van der Waals surface area contributed by atoms with Crippen LogP contribution in [0.25, 0.3) is 0 Å². The van der Waals surface area contributed by atoms with E-state index in [1.807, 2.05) is 0 Å². The summed E-state index contributed by atoms with van der Waals surface area (Å²) in [4.78, 5) is 0. The maximum absolute atomic E-state index is 8.79. The lowest BCUT2D eigenvalue weighted by atomic mass is 9.38. The van der Waals surface area contributed by atoms with Gasteiger partial charge in [0.25, 0.3) is 0 Å². The molecule has 2 bridgehead atoms. The van der Waals surface area contributed by atoms with Crippen LogP contribution >= 0.6 is 0 Å². The molecular formula is C21H36O. The van der Waals surface area contributed by atoms with E-state index < -0.39 is 0 Å². The monoisotopic (exact) mass is 304 g/mol. The van der Waals surface area contributed by atoms with E-state index in [9.17, 15) is 0 Å². The quantitative estimate of drug-likeness (QED) is 0.594. The molecule has 1 heteroatoms. The second-order valence-electron chi connectivity index (χ2n) is 9.21. The molecule has 22 heavy (non-hydrogen) atoms. The summed E-state index contributed by atoms with van der Waals surface area (Å²) in [7, 11) is 0. The molecule has 5 aliphatic carbocycles. The highest BCUT2D eigenvalue weighted by atomic mass is 16.2. The average molecular weight is 305 g/mol. The van der Waals surface area contributed by atoms with Crippen molar-refractivity contribution < 1.29 is 5.11 Å². The second kappa shape index (κ2) is 6.83. The first-order chi connectivity index (χ1) is 10.9. The van der Waals surface area contributed by atoms with E-state index in [4.69, 9.17) is 5.11 Å². The van der Waals surface area contributed by atoms with Crippen molar-refractivity contribution in [2.45, 2.75) is 83.5 Å². The molecule has 1 nitrogen and oxygen atoms in total. The molecule has 0 unspecified atom stereocenters. The van der Waals surface area contributed by atoms with Gasteiger partial charge in [0.1, 0.15) is 0 Å². The summed E-state index contributed by atoms with van der Waals surface area (Å²) in [5.41, 5.74) is 0. The number of aliphatic hydroxyl groups excluding tert-OH is 1. The fourth-order valence-electron chi connectivity index (χ4n) is 6.97. The van der Waals surface area contributed by atoms with Gasteiger partial charge in [-0.05, 0) is 80.0 Å². The highest BCUT2D eigenvalue weighted by molar-refractivity contribution is 5.09. The molecule has 0 radical (unpaired) electrons. The molecule has 0 aromatic heterocycles. The van der Waals surface area contributed by atoms with Crippen molar-refractivity contribution in [1.29, 1.82) is 0 Å². The first kappa shape index (κ1) is 15.5. The topological polar surface area (TPSA) is 20.2 Å². The van der Waals surface area contributed by atoms with E-state index >= 15 is 0 Å². The third-order valence-corrected chi connectivity index (χ3v) is 8.04. The van der Waals surface area contributed by atoms with Crippen molar-refractivity contribution in [2.75, 3.05) is 6.61 Å². The smallest absolute Gasteiger partial charge is 0.0431 e. The predicted molar refractivity (Wildman–Crippen MR) is 91.5 cm³/mol. The standard InChI is InChI=1S/C21H36O/c22-10-6-4-2-1-3-5-7-15-8-9-18-19(13-15)20-14-16-11-17(12-16)21(18)20/h15-22H,1-14H2/t15-,16?,17?,18+,19-,20+,21-/m1/s1. The van der Waals surface area contributed by atoms with E-state index in [2.05, 4.69) is 0 Å². The minimum atomic E-state index is 0.383. The van der Waals surface area contributed by atoms with Crippen LogP contribution < -0.4 is 0 Å². The van der Waals surface area contributed by atoms with Gasteiger partial charge in [-0.1, -0.05) is 44.9 Å². The van der Waals surface area contributed by atoms with Crippen LogP contribution in [0.3, 0.4) is 0 Å². The van der Waals surface area contributed by atoms with Gasteiger partial charge in [-0.15, -0.1) is 0 Å². The SMILES string of the molecule is OCCCCCCCC[C@@H]1CC[C@H]2[C@@H](C1)[C@@H]1CC3CC(C3)[C@H]21. The average Bonchev–Trinajstić information content (AvgIpc) is 2.50. The first-order valence-corrected chi connectivity index (χ1v) is 10.5. The van der Waals surface area contributed by atoms with Crippen LogP contribution in [0.1, 0.15) is 83.5 Å². The normalized spacial score (nSPS) is 45.4. The van der Waals surface area contributed by atoms with E-state index in [0.29, 0.717) is 6.61 Å². The molecule has 0 saturated heterocycles. The van der Waals surface area contributed by atoms with Crippen LogP contribution in [0.15, 0.2) is 0 Å². The van der Waals surface area contributed by atoms with Crippen molar-refractivity contribution in [3.05, 3.63) is 0 Å².